The second kappa shape index (κ2) is 11.1. The molecule has 0 saturated carbocycles. The molecule has 11 nitrogen and oxygen atoms in total. The molecule has 1 aliphatic rings. The molecule has 0 radical (unpaired) electrons. The predicted molar refractivity (Wildman–Crippen MR) is 160 cm³/mol. The molecule has 5 rings (SSSR count). The summed E-state index contributed by atoms with van der Waals surface area (Å²) < 4.78 is 18.0. The SMILES string of the molecule is CCCCc1nc2c(N)nc3ccc(C(C)C[N+]4(C)C(=O)C=CC4=O)cc3c2n1Cc1ccc(OP(=O)(O)O)c(C)c1. The number of amides is 2. The number of nitrogens with two attached hydrogens (primary N) is 1. The Morgan fingerprint density at radius 2 is 1.81 bits per heavy atom. The number of benzene rings is 2. The van der Waals surface area contributed by atoms with Crippen LogP contribution < -0.4 is 10.3 Å². The molecule has 0 bridgehead atoms. The zero-order chi connectivity index (χ0) is 30.4. The van der Waals surface area contributed by atoms with E-state index in [1.165, 1.54) is 12.2 Å². The Morgan fingerprint density at radius 1 is 1.10 bits per heavy atom. The molecule has 3 heterocycles. The monoisotopic (exact) mass is 592 g/mol. The van der Waals surface area contributed by atoms with Gasteiger partial charge in [0, 0.05) is 24.3 Å². The highest BCUT2D eigenvalue weighted by Gasteiger charge is 2.43. The number of carbonyl (C=O) groups excluding carboxylic acids is 2. The Morgan fingerprint density at radius 3 is 2.45 bits per heavy atom. The summed E-state index contributed by atoms with van der Waals surface area (Å²) in [6.07, 6.45) is 5.32. The van der Waals surface area contributed by atoms with Gasteiger partial charge in [0.15, 0.2) is 5.82 Å². The first-order valence-electron chi connectivity index (χ1n) is 13.9. The van der Waals surface area contributed by atoms with Crippen molar-refractivity contribution < 1.29 is 32.9 Å². The zero-order valence-corrected chi connectivity index (χ0v) is 25.0. The van der Waals surface area contributed by atoms with Gasteiger partial charge in [-0.15, -0.1) is 0 Å². The maximum absolute atomic E-state index is 12.5. The summed E-state index contributed by atoms with van der Waals surface area (Å²) in [7, 11) is -3.04. The molecule has 220 valence electrons. The van der Waals surface area contributed by atoms with Crippen molar-refractivity contribution in [2.45, 2.75) is 52.5 Å². The van der Waals surface area contributed by atoms with E-state index < -0.39 is 7.82 Å². The van der Waals surface area contributed by atoms with Crippen molar-refractivity contribution in [2.75, 3.05) is 19.3 Å². The number of carbonyl (C=O) groups is 2. The summed E-state index contributed by atoms with van der Waals surface area (Å²) in [5, 5.41) is 0.858. The van der Waals surface area contributed by atoms with Crippen molar-refractivity contribution in [3.8, 4) is 5.75 Å². The topological polar surface area (TPSA) is 158 Å². The molecule has 12 heteroatoms. The number of phosphoric acid groups is 1. The summed E-state index contributed by atoms with van der Waals surface area (Å²) in [5.74, 6) is 0.740. The Kier molecular flexibility index (Phi) is 7.80. The number of hydrogen-bond donors (Lipinski definition) is 3. The number of imidazole rings is 1. The molecular weight excluding hydrogens is 557 g/mol. The van der Waals surface area contributed by atoms with E-state index >= 15 is 0 Å². The number of anilines is 1. The molecule has 0 saturated heterocycles. The summed E-state index contributed by atoms with van der Waals surface area (Å²) in [5.41, 5.74) is 11.0. The molecule has 4 N–H and O–H groups in total. The van der Waals surface area contributed by atoms with Crippen LogP contribution in [0.4, 0.5) is 5.82 Å². The van der Waals surface area contributed by atoms with Crippen molar-refractivity contribution in [3.63, 3.8) is 0 Å². The molecule has 2 aromatic carbocycles. The Hall–Kier alpha value is -3.89. The van der Waals surface area contributed by atoms with Crippen LogP contribution in [0.2, 0.25) is 0 Å². The van der Waals surface area contributed by atoms with E-state index in [1.54, 1.807) is 26.1 Å². The van der Waals surface area contributed by atoms with Crippen molar-refractivity contribution >= 4 is 47.4 Å². The normalized spacial score (nSPS) is 15.7. The number of imide groups is 1. The van der Waals surface area contributed by atoms with E-state index in [9.17, 15) is 23.9 Å². The summed E-state index contributed by atoms with van der Waals surface area (Å²) in [6.45, 7) is 6.61. The smallest absolute Gasteiger partial charge is 0.404 e. The van der Waals surface area contributed by atoms with Gasteiger partial charge in [0.25, 0.3) is 0 Å². The third-order valence-corrected chi connectivity index (χ3v) is 8.34. The van der Waals surface area contributed by atoms with Crippen LogP contribution in [0.3, 0.4) is 0 Å². The van der Waals surface area contributed by atoms with Gasteiger partial charge in [-0.2, -0.15) is 4.48 Å². The number of aryl methyl sites for hydroxylation is 2. The van der Waals surface area contributed by atoms with Gasteiger partial charge >= 0.3 is 19.6 Å². The van der Waals surface area contributed by atoms with E-state index in [1.807, 2.05) is 31.2 Å². The number of nitrogens with zero attached hydrogens (tertiary/aromatic N) is 4. The van der Waals surface area contributed by atoms with E-state index in [-0.39, 0.29) is 28.0 Å². The molecule has 2 aromatic heterocycles. The number of pyridine rings is 1. The number of likely N-dealkylation sites (N-methyl/N-ethyl adjacent to an activating group) is 1. The highest BCUT2D eigenvalue weighted by atomic mass is 31.2. The standard InChI is InChI=1S/C30H34N5O6P/c1-5-6-7-25-33-28-29(34(25)16-20-8-11-24(18(2)14-20)41-42(38,39)40)22-15-21(9-10-23(22)32-30(28)31)19(3)17-35(4)26(36)12-13-27(35)37/h8-15,19H,5-7,16-17H2,1-4H3,(H3-,31,32,38,39,40)/p+1. The third-order valence-electron chi connectivity index (χ3n) is 7.91. The number of hydrogen-bond acceptors (Lipinski definition) is 7. The van der Waals surface area contributed by atoms with Crippen LogP contribution in [0.15, 0.2) is 48.6 Å². The molecule has 42 heavy (non-hydrogen) atoms. The van der Waals surface area contributed by atoms with Crippen LogP contribution in [-0.2, 0) is 27.1 Å². The fourth-order valence-electron chi connectivity index (χ4n) is 5.61. The van der Waals surface area contributed by atoms with Gasteiger partial charge < -0.3 is 14.8 Å². The quantitative estimate of drug-likeness (QED) is 0.137. The minimum absolute atomic E-state index is 0.111. The van der Waals surface area contributed by atoms with Crippen LogP contribution >= 0.6 is 7.82 Å². The van der Waals surface area contributed by atoms with Crippen molar-refractivity contribution in [2.24, 2.45) is 0 Å². The lowest BCUT2D eigenvalue weighted by molar-refractivity contribution is -0.751. The molecule has 0 aliphatic carbocycles. The molecule has 2 amide bonds. The van der Waals surface area contributed by atoms with Crippen LogP contribution in [0.5, 0.6) is 5.75 Å². The van der Waals surface area contributed by atoms with E-state index in [2.05, 4.69) is 16.5 Å². The Balaban J connectivity index is 1.61. The van der Waals surface area contributed by atoms with Crippen LogP contribution in [-0.4, -0.2) is 54.2 Å². The van der Waals surface area contributed by atoms with Crippen molar-refractivity contribution in [1.82, 2.24) is 14.5 Å². The Labute approximate surface area is 243 Å². The highest BCUT2D eigenvalue weighted by molar-refractivity contribution is 7.46. The van der Waals surface area contributed by atoms with Gasteiger partial charge in [-0.05, 0) is 48.2 Å². The van der Waals surface area contributed by atoms with Gasteiger partial charge in [0.1, 0.15) is 17.1 Å². The average Bonchev–Trinajstić information content (AvgIpc) is 3.41. The van der Waals surface area contributed by atoms with Gasteiger partial charge in [-0.25, -0.2) is 24.1 Å². The second-order valence-corrected chi connectivity index (χ2v) is 12.3. The number of fused-ring (bicyclic) bond motifs is 3. The van der Waals surface area contributed by atoms with Gasteiger partial charge in [0.05, 0.1) is 36.8 Å². The highest BCUT2D eigenvalue weighted by Crippen LogP contribution is 2.39. The first-order chi connectivity index (χ1) is 19.8. The lowest BCUT2D eigenvalue weighted by Crippen LogP contribution is -2.51. The number of unbranched alkanes of at least 4 members (excludes halogenated alkanes) is 1. The van der Waals surface area contributed by atoms with Gasteiger partial charge in [-0.3, -0.25) is 9.79 Å². The maximum Gasteiger partial charge on any atom is 0.524 e. The largest absolute Gasteiger partial charge is 0.524 e. The maximum atomic E-state index is 12.5. The fraction of sp³-hybridized carbons (Fsp3) is 0.333. The molecular formula is C30H35N5O6P+. The number of phosphoric ester groups is 1. The minimum atomic E-state index is -4.68. The molecule has 1 aliphatic heterocycles. The van der Waals surface area contributed by atoms with E-state index in [0.29, 0.717) is 35.5 Å². The van der Waals surface area contributed by atoms with Crippen molar-refractivity contribution in [1.29, 1.82) is 0 Å². The number of quaternary nitrogens is 1. The lowest BCUT2D eigenvalue weighted by Gasteiger charge is -2.27. The van der Waals surface area contributed by atoms with E-state index in [4.69, 9.17) is 15.2 Å². The molecule has 0 fully saturated rings. The first-order valence-corrected chi connectivity index (χ1v) is 15.4. The van der Waals surface area contributed by atoms with Gasteiger partial charge in [0.2, 0.25) is 0 Å². The zero-order valence-electron chi connectivity index (χ0n) is 24.1. The van der Waals surface area contributed by atoms with Gasteiger partial charge in [-0.1, -0.05) is 38.5 Å². The van der Waals surface area contributed by atoms with Crippen LogP contribution in [0.25, 0.3) is 21.9 Å². The summed E-state index contributed by atoms with van der Waals surface area (Å²) in [4.78, 5) is 53.0. The minimum Gasteiger partial charge on any atom is -0.404 e. The molecule has 0 spiro atoms. The van der Waals surface area contributed by atoms with Crippen molar-refractivity contribution in [3.05, 3.63) is 71.1 Å². The van der Waals surface area contributed by atoms with Crippen LogP contribution in [0, 0.1) is 6.92 Å². The number of rotatable bonds is 10. The third kappa shape index (κ3) is 5.61. The lowest BCUT2D eigenvalue weighted by atomic mass is 9.97. The van der Waals surface area contributed by atoms with Crippen LogP contribution in [0.1, 0.15) is 55.1 Å². The summed E-state index contributed by atoms with van der Waals surface area (Å²) in [6, 6.07) is 11.1. The molecule has 1 unspecified atom stereocenters. The average molecular weight is 593 g/mol. The number of aromatic nitrogens is 3. The molecule has 4 aromatic rings. The van der Waals surface area contributed by atoms with E-state index in [0.717, 1.165) is 47.1 Å². The fourth-order valence-corrected chi connectivity index (χ4v) is 6.07. The predicted octanol–water partition coefficient (Wildman–Crippen LogP) is 4.51. The second-order valence-electron chi connectivity index (χ2n) is 11.2. The summed E-state index contributed by atoms with van der Waals surface area (Å²) >= 11 is 0. The molecule has 1 atom stereocenters. The Bertz CT molecular complexity index is 1790. The first kappa shape index (κ1) is 29.6. The number of nitrogen functional groups attached to an aromatic ring is 1.